The Balaban J connectivity index is 1.92. The zero-order chi connectivity index (χ0) is 26.8. The summed E-state index contributed by atoms with van der Waals surface area (Å²) in [5.41, 5.74) is 0. The van der Waals surface area contributed by atoms with E-state index in [9.17, 15) is 9.59 Å². The third kappa shape index (κ3) is 8.00. The summed E-state index contributed by atoms with van der Waals surface area (Å²) in [5.74, 6) is 0.709. The summed E-state index contributed by atoms with van der Waals surface area (Å²) in [6.45, 7) is 8.64. The molecule has 0 N–H and O–H groups in total. The first-order valence-corrected chi connectivity index (χ1v) is 13.5. The molecular formula is C30H37ClO6. The summed E-state index contributed by atoms with van der Waals surface area (Å²) < 4.78 is 23.4. The smallest absolute Gasteiger partial charge is 0.309 e. The van der Waals surface area contributed by atoms with Crippen molar-refractivity contribution in [2.24, 2.45) is 0 Å². The number of halogens is 1. The lowest BCUT2D eigenvalue weighted by Crippen LogP contribution is -2.20. The molecule has 0 saturated carbocycles. The van der Waals surface area contributed by atoms with Crippen LogP contribution in [0.4, 0.5) is 0 Å². The predicted octanol–water partition coefficient (Wildman–Crippen LogP) is 7.65. The van der Waals surface area contributed by atoms with Gasteiger partial charge in [0.1, 0.15) is 23.7 Å². The van der Waals surface area contributed by atoms with E-state index >= 15 is 0 Å². The van der Waals surface area contributed by atoms with Crippen LogP contribution in [0.3, 0.4) is 0 Å². The van der Waals surface area contributed by atoms with Gasteiger partial charge >= 0.3 is 11.9 Å². The molecule has 2 atom stereocenters. The summed E-state index contributed by atoms with van der Waals surface area (Å²) in [5, 5.41) is 3.80. The number of carbonyl (C=O) groups excluding carboxylic acids is 2. The van der Waals surface area contributed by atoms with E-state index in [2.05, 4.69) is 6.92 Å². The van der Waals surface area contributed by atoms with E-state index in [1.54, 1.807) is 6.07 Å². The van der Waals surface area contributed by atoms with Crippen molar-refractivity contribution in [3.8, 4) is 11.5 Å². The minimum Gasteiger partial charge on any atom is -0.489 e. The molecule has 0 aliphatic rings. The van der Waals surface area contributed by atoms with Crippen LogP contribution in [-0.4, -0.2) is 37.4 Å². The Kier molecular flexibility index (Phi) is 10.9. The van der Waals surface area contributed by atoms with E-state index < -0.39 is 12.2 Å². The van der Waals surface area contributed by atoms with E-state index in [0.717, 1.165) is 47.2 Å². The second kappa shape index (κ2) is 14.1. The summed E-state index contributed by atoms with van der Waals surface area (Å²) >= 11 is 6.39. The Bertz CT molecular complexity index is 1210. The molecule has 2 unspecified atom stereocenters. The van der Waals surface area contributed by atoms with Gasteiger partial charge in [0.05, 0.1) is 26.1 Å². The van der Waals surface area contributed by atoms with Gasteiger partial charge in [-0.3, -0.25) is 9.59 Å². The fraction of sp³-hybridized carbons (Fsp3) is 0.467. The lowest BCUT2D eigenvalue weighted by molar-refractivity contribution is -0.146. The number of ether oxygens (including phenoxy) is 4. The Labute approximate surface area is 224 Å². The van der Waals surface area contributed by atoms with Crippen molar-refractivity contribution in [1.82, 2.24) is 0 Å². The molecule has 0 aromatic heterocycles. The minimum absolute atomic E-state index is 0.134. The molecule has 3 rings (SSSR count). The quantitative estimate of drug-likeness (QED) is 0.121. The standard InChI is InChI=1S/C30H37ClO6/c1-5-7-15-34-27(32)17-20(3)36-29-23-11-9-10-12-24(23)30(26-19-22(31)13-14-25(26)29)37-21(4)18-28(33)35-16-8-6-2/h9-14,19-21H,5-8,15-18H2,1-4H3. The van der Waals surface area contributed by atoms with Crippen LogP contribution in [0.2, 0.25) is 5.02 Å². The largest absolute Gasteiger partial charge is 0.489 e. The zero-order valence-corrected chi connectivity index (χ0v) is 22.9. The van der Waals surface area contributed by atoms with Gasteiger partial charge in [-0.25, -0.2) is 0 Å². The summed E-state index contributed by atoms with van der Waals surface area (Å²) in [4.78, 5) is 24.5. The number of hydrogen-bond donors (Lipinski definition) is 0. The average molecular weight is 529 g/mol. The van der Waals surface area contributed by atoms with E-state index in [-0.39, 0.29) is 24.8 Å². The third-order valence-corrected chi connectivity index (χ3v) is 6.19. The fourth-order valence-electron chi connectivity index (χ4n) is 4.06. The number of benzene rings is 3. The fourth-order valence-corrected chi connectivity index (χ4v) is 4.23. The molecular weight excluding hydrogens is 492 g/mol. The molecule has 0 saturated heterocycles. The summed E-state index contributed by atoms with van der Waals surface area (Å²) in [6, 6.07) is 13.3. The molecule has 0 fully saturated rings. The van der Waals surface area contributed by atoms with Crippen LogP contribution in [0.5, 0.6) is 11.5 Å². The van der Waals surface area contributed by atoms with E-state index in [0.29, 0.717) is 29.7 Å². The molecule has 7 heteroatoms. The van der Waals surface area contributed by atoms with Gasteiger partial charge in [0.15, 0.2) is 0 Å². The van der Waals surface area contributed by atoms with Crippen LogP contribution in [0.15, 0.2) is 42.5 Å². The van der Waals surface area contributed by atoms with Crippen molar-refractivity contribution in [3.05, 3.63) is 47.5 Å². The maximum Gasteiger partial charge on any atom is 0.309 e. The van der Waals surface area contributed by atoms with Gasteiger partial charge in [-0.1, -0.05) is 62.6 Å². The first kappa shape index (κ1) is 28.6. The van der Waals surface area contributed by atoms with Gasteiger partial charge in [0, 0.05) is 26.6 Å². The van der Waals surface area contributed by atoms with Crippen LogP contribution in [-0.2, 0) is 19.1 Å². The molecule has 0 spiro atoms. The van der Waals surface area contributed by atoms with E-state index in [1.807, 2.05) is 57.2 Å². The average Bonchev–Trinajstić information content (AvgIpc) is 2.86. The lowest BCUT2D eigenvalue weighted by atomic mass is 10.00. The number of esters is 2. The highest BCUT2D eigenvalue weighted by molar-refractivity contribution is 6.31. The maximum atomic E-state index is 12.3. The van der Waals surface area contributed by atoms with Crippen molar-refractivity contribution >= 4 is 45.1 Å². The molecule has 6 nitrogen and oxygen atoms in total. The van der Waals surface area contributed by atoms with E-state index in [4.69, 9.17) is 30.5 Å². The van der Waals surface area contributed by atoms with Crippen LogP contribution in [0.1, 0.15) is 66.2 Å². The monoisotopic (exact) mass is 528 g/mol. The van der Waals surface area contributed by atoms with Crippen molar-refractivity contribution in [2.75, 3.05) is 13.2 Å². The van der Waals surface area contributed by atoms with Crippen LogP contribution >= 0.6 is 11.6 Å². The molecule has 3 aromatic rings. The second-order valence-electron chi connectivity index (χ2n) is 9.31. The lowest BCUT2D eigenvalue weighted by Gasteiger charge is -2.22. The molecule has 37 heavy (non-hydrogen) atoms. The topological polar surface area (TPSA) is 71.1 Å². The van der Waals surface area contributed by atoms with Gasteiger partial charge in [0.2, 0.25) is 0 Å². The third-order valence-electron chi connectivity index (χ3n) is 5.96. The Hall–Kier alpha value is -2.99. The Morgan fingerprint density at radius 2 is 1.19 bits per heavy atom. The van der Waals surface area contributed by atoms with Gasteiger partial charge < -0.3 is 18.9 Å². The van der Waals surface area contributed by atoms with Crippen LogP contribution in [0.25, 0.3) is 21.5 Å². The Morgan fingerprint density at radius 1 is 0.730 bits per heavy atom. The molecule has 0 aliphatic carbocycles. The first-order chi connectivity index (χ1) is 17.8. The van der Waals surface area contributed by atoms with E-state index in [1.165, 1.54) is 0 Å². The maximum absolute atomic E-state index is 12.3. The van der Waals surface area contributed by atoms with Gasteiger partial charge in [-0.05, 0) is 44.9 Å². The molecule has 3 aromatic carbocycles. The van der Waals surface area contributed by atoms with Crippen LogP contribution in [0, 0.1) is 0 Å². The first-order valence-electron chi connectivity index (χ1n) is 13.1. The highest BCUT2D eigenvalue weighted by atomic mass is 35.5. The molecule has 0 bridgehead atoms. The zero-order valence-electron chi connectivity index (χ0n) is 22.2. The van der Waals surface area contributed by atoms with Crippen molar-refractivity contribution in [1.29, 1.82) is 0 Å². The SMILES string of the molecule is CCCCOC(=O)CC(C)Oc1c2ccccc2c(OC(C)CC(=O)OCCCC)c2cc(Cl)ccc12. The molecule has 0 heterocycles. The Morgan fingerprint density at radius 3 is 1.68 bits per heavy atom. The number of rotatable bonds is 14. The van der Waals surface area contributed by atoms with Gasteiger partial charge in [-0.15, -0.1) is 0 Å². The molecule has 0 radical (unpaired) electrons. The van der Waals surface area contributed by atoms with Crippen molar-refractivity contribution in [3.63, 3.8) is 0 Å². The number of unbranched alkanes of at least 4 members (excludes halogenated alkanes) is 2. The normalized spacial score (nSPS) is 12.8. The molecule has 0 aliphatic heterocycles. The highest BCUT2D eigenvalue weighted by Crippen LogP contribution is 2.44. The molecule has 0 amide bonds. The summed E-state index contributed by atoms with van der Waals surface area (Å²) in [7, 11) is 0. The highest BCUT2D eigenvalue weighted by Gasteiger charge is 2.22. The second-order valence-corrected chi connectivity index (χ2v) is 9.74. The number of hydrogen-bond acceptors (Lipinski definition) is 6. The minimum atomic E-state index is -0.414. The van der Waals surface area contributed by atoms with Crippen molar-refractivity contribution < 1.29 is 28.5 Å². The predicted molar refractivity (Wildman–Crippen MR) is 148 cm³/mol. The molecule has 200 valence electrons. The van der Waals surface area contributed by atoms with Crippen LogP contribution < -0.4 is 9.47 Å². The number of fused-ring (bicyclic) bond motifs is 2. The summed E-state index contributed by atoms with van der Waals surface area (Å²) in [6.07, 6.45) is 3.07. The van der Waals surface area contributed by atoms with Crippen molar-refractivity contribution in [2.45, 2.75) is 78.4 Å². The van der Waals surface area contributed by atoms with Gasteiger partial charge in [0.25, 0.3) is 0 Å². The number of carbonyl (C=O) groups is 2. The van der Waals surface area contributed by atoms with Gasteiger partial charge in [-0.2, -0.15) is 0 Å².